The SMILES string of the molecule is CCN(C)[S+]([O-])c1cc(N)c2c(c1)nc1c3ccc4c5c(N)cc6c(=O)n7c(nc8cc(S(=O)(=O)N(C)C)cc([N+](=O)[O-])c87)c7ccc(c8c([N+](=O)[O-])cc(c(=O)n12)c3c48)c5c67. The number of sulfonamides is 1. The van der Waals surface area contributed by atoms with Crippen molar-refractivity contribution in [3.63, 3.8) is 0 Å². The molecule has 0 aliphatic carbocycles. The molecule has 21 heteroatoms. The van der Waals surface area contributed by atoms with E-state index >= 15 is 0 Å². The van der Waals surface area contributed by atoms with Gasteiger partial charge in [0.1, 0.15) is 11.3 Å². The molecular formula is C41H28N10O9S2. The lowest BCUT2D eigenvalue weighted by Crippen LogP contribution is -2.26. The first-order chi connectivity index (χ1) is 29.5. The summed E-state index contributed by atoms with van der Waals surface area (Å²) in [5, 5.41) is 29.3. The van der Waals surface area contributed by atoms with Crippen LogP contribution in [0.25, 0.3) is 98.0 Å². The highest BCUT2D eigenvalue weighted by Gasteiger charge is 2.32. The summed E-state index contributed by atoms with van der Waals surface area (Å²) in [7, 11) is 0.0898. The highest BCUT2D eigenvalue weighted by atomic mass is 32.2. The molecule has 0 bridgehead atoms. The summed E-state index contributed by atoms with van der Waals surface area (Å²) < 4.78 is 44.5. The smallest absolute Gasteiger partial charge is 0.296 e. The van der Waals surface area contributed by atoms with Gasteiger partial charge in [-0.2, -0.15) is 0 Å². The van der Waals surface area contributed by atoms with E-state index in [0.717, 1.165) is 14.8 Å². The van der Waals surface area contributed by atoms with E-state index in [0.29, 0.717) is 65.4 Å². The van der Waals surface area contributed by atoms with Gasteiger partial charge in [-0.1, -0.05) is 12.1 Å². The van der Waals surface area contributed by atoms with Gasteiger partial charge in [-0.15, -0.1) is 4.31 Å². The predicted octanol–water partition coefficient (Wildman–Crippen LogP) is 5.45. The Labute approximate surface area is 348 Å². The molecule has 0 saturated carbocycles. The minimum atomic E-state index is -4.17. The number of pyridine rings is 2. The van der Waals surface area contributed by atoms with Gasteiger partial charge in [-0.05, 0) is 42.0 Å². The Morgan fingerprint density at radius 1 is 0.661 bits per heavy atom. The van der Waals surface area contributed by atoms with E-state index in [1.807, 2.05) is 6.92 Å². The maximum atomic E-state index is 14.7. The van der Waals surface area contributed by atoms with E-state index in [9.17, 15) is 42.8 Å². The van der Waals surface area contributed by atoms with E-state index in [1.54, 1.807) is 41.7 Å². The number of hydrogen-bond acceptors (Lipinski definition) is 14. The van der Waals surface area contributed by atoms with Crippen LogP contribution in [0.15, 0.2) is 80.0 Å². The van der Waals surface area contributed by atoms with Crippen LogP contribution < -0.4 is 22.6 Å². The maximum Gasteiger partial charge on any atom is 0.296 e. The average molecular weight is 869 g/mol. The number of nitro groups is 2. The molecule has 62 heavy (non-hydrogen) atoms. The molecule has 4 N–H and O–H groups in total. The third-order valence-electron chi connectivity index (χ3n) is 12.0. The van der Waals surface area contributed by atoms with Crippen molar-refractivity contribution in [3.8, 4) is 0 Å². The van der Waals surface area contributed by atoms with Crippen molar-refractivity contribution in [2.24, 2.45) is 0 Å². The summed E-state index contributed by atoms with van der Waals surface area (Å²) in [6, 6.07) is 14.5. The molecule has 7 aromatic carbocycles. The minimum Gasteiger partial charge on any atom is -0.593 e. The van der Waals surface area contributed by atoms with Crippen LogP contribution in [0, 0.1) is 20.2 Å². The fourth-order valence-corrected chi connectivity index (χ4v) is 11.2. The van der Waals surface area contributed by atoms with Crippen LogP contribution in [-0.4, -0.2) is 77.9 Å². The Hall–Kier alpha value is -7.30. The molecule has 4 heterocycles. The van der Waals surface area contributed by atoms with Gasteiger partial charge in [0.2, 0.25) is 10.0 Å². The fourth-order valence-electron chi connectivity index (χ4n) is 9.24. The molecule has 11 rings (SSSR count). The monoisotopic (exact) mass is 868 g/mol. The molecule has 19 nitrogen and oxygen atoms in total. The summed E-state index contributed by atoms with van der Waals surface area (Å²) in [6.07, 6.45) is 0. The van der Waals surface area contributed by atoms with E-state index in [4.69, 9.17) is 16.5 Å². The van der Waals surface area contributed by atoms with Gasteiger partial charge in [-0.3, -0.25) is 38.6 Å². The van der Waals surface area contributed by atoms with E-state index in [2.05, 4.69) is 4.98 Å². The Morgan fingerprint density at radius 2 is 1.19 bits per heavy atom. The number of nitrogens with two attached hydrogens (primary N) is 2. The molecule has 11 aromatic rings. The molecule has 0 aliphatic rings. The van der Waals surface area contributed by atoms with Gasteiger partial charge >= 0.3 is 0 Å². The van der Waals surface area contributed by atoms with Crippen molar-refractivity contribution in [3.05, 3.63) is 102 Å². The van der Waals surface area contributed by atoms with Crippen molar-refractivity contribution in [1.29, 1.82) is 0 Å². The van der Waals surface area contributed by atoms with Crippen LogP contribution >= 0.6 is 0 Å². The summed E-state index contributed by atoms with van der Waals surface area (Å²) in [5.41, 5.74) is 11.7. The fraction of sp³-hybridized carbons (Fsp3) is 0.122. The number of non-ortho nitro benzene ring substituents is 2. The van der Waals surface area contributed by atoms with Gasteiger partial charge in [0.15, 0.2) is 10.4 Å². The summed E-state index contributed by atoms with van der Waals surface area (Å²) in [5.74, 6) is 0. The highest BCUT2D eigenvalue weighted by molar-refractivity contribution is 7.89. The second kappa shape index (κ2) is 12.2. The number of anilines is 2. The zero-order valence-electron chi connectivity index (χ0n) is 32.7. The standard InChI is InChI=1S/C41H28N10O9S2/c1-5-47(4)61(58)16-10-25(43)36-26(11-16)44-38-21-8-6-18-32-24(42)14-22-30-20(9-7-19(34(30)32)33-28(50(54)55)15-23(31(21)35(18)33)41(53)48(36)38)39-45-27-12-17(62(59,60)46(2)3)13-29(51(56)57)37(27)49(39)40(22)52/h6-15H,5,42-43H2,1-4H3. The quantitative estimate of drug-likeness (QED) is 0.0504. The Morgan fingerprint density at radius 3 is 1.77 bits per heavy atom. The molecular weight excluding hydrogens is 841 g/mol. The first kappa shape index (κ1) is 37.7. The van der Waals surface area contributed by atoms with Crippen molar-refractivity contribution < 1.29 is 22.8 Å². The van der Waals surface area contributed by atoms with Crippen molar-refractivity contribution in [2.75, 3.05) is 39.2 Å². The van der Waals surface area contributed by atoms with Crippen LogP contribution in [0.4, 0.5) is 22.7 Å². The first-order valence-electron chi connectivity index (χ1n) is 18.8. The van der Waals surface area contributed by atoms with Crippen LogP contribution in [0.3, 0.4) is 0 Å². The number of nitrogens with zero attached hydrogens (tertiary/aromatic N) is 8. The maximum absolute atomic E-state index is 14.7. The van der Waals surface area contributed by atoms with Crippen LogP contribution in [-0.2, 0) is 21.4 Å². The lowest BCUT2D eigenvalue weighted by atomic mass is 9.84. The minimum absolute atomic E-state index is 0.00934. The van der Waals surface area contributed by atoms with E-state index < -0.39 is 58.6 Å². The number of nitrogen functional groups attached to an aromatic ring is 2. The van der Waals surface area contributed by atoms with Gasteiger partial charge in [0, 0.05) is 95.3 Å². The number of imidazole rings is 2. The molecule has 1 unspecified atom stereocenters. The van der Waals surface area contributed by atoms with Gasteiger partial charge in [0.25, 0.3) is 22.5 Å². The van der Waals surface area contributed by atoms with Gasteiger partial charge in [0.05, 0.1) is 64.5 Å². The van der Waals surface area contributed by atoms with Gasteiger partial charge in [-0.25, -0.2) is 22.7 Å². The number of rotatable bonds is 7. The predicted molar refractivity (Wildman–Crippen MR) is 238 cm³/mol. The summed E-state index contributed by atoms with van der Waals surface area (Å²) in [4.78, 5) is 63.1. The van der Waals surface area contributed by atoms with Crippen molar-refractivity contribution >= 4 is 142 Å². The third-order valence-corrected chi connectivity index (χ3v) is 15.3. The molecule has 0 amide bonds. The number of fused-ring (bicyclic) bond motifs is 10. The molecule has 4 aromatic heterocycles. The van der Waals surface area contributed by atoms with Crippen molar-refractivity contribution in [1.82, 2.24) is 27.4 Å². The van der Waals surface area contributed by atoms with Crippen molar-refractivity contribution in [2.45, 2.75) is 16.7 Å². The molecule has 0 spiro atoms. The summed E-state index contributed by atoms with van der Waals surface area (Å²) >= 11 is -1.58. The third kappa shape index (κ3) is 4.51. The number of aromatic nitrogens is 4. The molecule has 0 aliphatic heterocycles. The molecule has 0 saturated heterocycles. The van der Waals surface area contributed by atoms with E-state index in [1.165, 1.54) is 42.8 Å². The second-order valence-corrected chi connectivity index (χ2v) is 19.1. The summed E-state index contributed by atoms with van der Waals surface area (Å²) in [6.45, 7) is 2.34. The number of benzene rings is 7. The van der Waals surface area contributed by atoms with Gasteiger partial charge < -0.3 is 16.0 Å². The Bertz CT molecular complexity index is 4150. The lowest BCUT2D eigenvalue weighted by Gasteiger charge is -2.19. The zero-order chi connectivity index (χ0) is 43.7. The van der Waals surface area contributed by atoms with Crippen LogP contribution in [0.5, 0.6) is 0 Å². The average Bonchev–Trinajstić information content (AvgIpc) is 3.83. The lowest BCUT2D eigenvalue weighted by molar-refractivity contribution is -0.383. The molecule has 0 radical (unpaired) electrons. The van der Waals surface area contributed by atoms with Crippen LogP contribution in [0.2, 0.25) is 0 Å². The molecule has 1 atom stereocenters. The second-order valence-electron chi connectivity index (χ2n) is 15.4. The Kier molecular flexibility index (Phi) is 7.40. The van der Waals surface area contributed by atoms with Crippen LogP contribution in [0.1, 0.15) is 6.92 Å². The largest absolute Gasteiger partial charge is 0.593 e. The highest BCUT2D eigenvalue weighted by Crippen LogP contribution is 2.50. The molecule has 0 fully saturated rings. The number of nitro benzene ring substituents is 2. The Balaban J connectivity index is 1.31. The number of hydrogen-bond donors (Lipinski definition) is 2. The normalized spacial score (nSPS) is 13.5. The van der Waals surface area contributed by atoms with E-state index in [-0.39, 0.29) is 55.4 Å². The molecule has 308 valence electrons. The first-order valence-corrected chi connectivity index (χ1v) is 21.4. The topological polar surface area (TPSA) is 271 Å². The zero-order valence-corrected chi connectivity index (χ0v) is 34.3.